The fourth-order valence-electron chi connectivity index (χ4n) is 2.27. The van der Waals surface area contributed by atoms with Gasteiger partial charge in [0.2, 0.25) is 0 Å². The summed E-state index contributed by atoms with van der Waals surface area (Å²) in [5, 5.41) is 4.32. The first kappa shape index (κ1) is 14.3. The second kappa shape index (κ2) is 5.90. The number of methoxy groups -OCH3 is 1. The lowest BCUT2D eigenvalue weighted by Gasteiger charge is -2.09. The van der Waals surface area contributed by atoms with E-state index in [2.05, 4.69) is 5.10 Å². The van der Waals surface area contributed by atoms with Crippen LogP contribution in [-0.2, 0) is 19.9 Å². The zero-order valence-corrected chi connectivity index (χ0v) is 12.4. The molecule has 0 saturated heterocycles. The van der Waals surface area contributed by atoms with Crippen LogP contribution in [0.4, 0.5) is 0 Å². The average Bonchev–Trinajstić information content (AvgIpc) is 2.80. The molecule has 2 rings (SSSR count). The van der Waals surface area contributed by atoms with Gasteiger partial charge in [-0.25, -0.2) is 0 Å². The molecule has 4 nitrogen and oxygen atoms in total. The first-order chi connectivity index (χ1) is 9.55. The number of rotatable bonds is 5. The van der Waals surface area contributed by atoms with Crippen molar-refractivity contribution in [2.45, 2.75) is 26.7 Å². The first-order valence-electron chi connectivity index (χ1n) is 6.74. The van der Waals surface area contributed by atoms with Crippen molar-refractivity contribution in [1.82, 2.24) is 9.78 Å². The number of benzene rings is 1. The van der Waals surface area contributed by atoms with Gasteiger partial charge in [-0.15, -0.1) is 0 Å². The second-order valence-corrected chi connectivity index (χ2v) is 4.91. The molecular formula is C16H20N2O2. The number of hydrogen-bond acceptors (Lipinski definition) is 3. The van der Waals surface area contributed by atoms with E-state index in [1.54, 1.807) is 18.8 Å². The highest BCUT2D eigenvalue weighted by Gasteiger charge is 2.15. The van der Waals surface area contributed by atoms with Crippen molar-refractivity contribution in [1.29, 1.82) is 0 Å². The number of carbonyl (C=O) groups is 1. The molecule has 1 aromatic carbocycles. The molecule has 20 heavy (non-hydrogen) atoms. The summed E-state index contributed by atoms with van der Waals surface area (Å²) in [4.78, 5) is 12.4. The summed E-state index contributed by atoms with van der Waals surface area (Å²) in [5.41, 5.74) is 3.61. The standard InChI is InChI=1S/C16H20N2O2/c1-5-13-10-14(18(3)17-13)15(19)9-12-8-11(2)6-7-16(12)20-4/h6-8,10H,5,9H2,1-4H3. The Balaban J connectivity index is 2.27. The van der Waals surface area contributed by atoms with Gasteiger partial charge in [0.15, 0.2) is 5.78 Å². The van der Waals surface area contributed by atoms with E-state index >= 15 is 0 Å². The Morgan fingerprint density at radius 2 is 2.10 bits per heavy atom. The predicted molar refractivity (Wildman–Crippen MR) is 78.4 cm³/mol. The van der Waals surface area contributed by atoms with Gasteiger partial charge in [-0.05, 0) is 25.5 Å². The van der Waals surface area contributed by atoms with Gasteiger partial charge in [0.05, 0.1) is 12.8 Å². The van der Waals surface area contributed by atoms with Crippen LogP contribution in [0.15, 0.2) is 24.3 Å². The Labute approximate surface area is 119 Å². The van der Waals surface area contributed by atoms with E-state index in [4.69, 9.17) is 4.74 Å². The van der Waals surface area contributed by atoms with Crippen LogP contribution >= 0.6 is 0 Å². The number of ketones is 1. The van der Waals surface area contributed by atoms with E-state index in [9.17, 15) is 4.79 Å². The molecule has 0 amide bonds. The van der Waals surface area contributed by atoms with Crippen LogP contribution in [0, 0.1) is 6.92 Å². The lowest BCUT2D eigenvalue weighted by molar-refractivity contribution is 0.0983. The van der Waals surface area contributed by atoms with Crippen LogP contribution in [0.1, 0.15) is 34.2 Å². The third-order valence-electron chi connectivity index (χ3n) is 3.37. The Hall–Kier alpha value is -2.10. The highest BCUT2D eigenvalue weighted by Crippen LogP contribution is 2.21. The lowest BCUT2D eigenvalue weighted by Crippen LogP contribution is -2.10. The number of carbonyl (C=O) groups excluding carboxylic acids is 1. The fourth-order valence-corrected chi connectivity index (χ4v) is 2.27. The molecule has 1 heterocycles. The summed E-state index contributed by atoms with van der Waals surface area (Å²) >= 11 is 0. The number of ether oxygens (including phenoxy) is 1. The number of nitrogens with zero attached hydrogens (tertiary/aromatic N) is 2. The summed E-state index contributed by atoms with van der Waals surface area (Å²) in [5.74, 6) is 0.811. The van der Waals surface area contributed by atoms with Crippen LogP contribution in [-0.4, -0.2) is 22.7 Å². The molecule has 0 saturated carbocycles. The van der Waals surface area contributed by atoms with Crippen molar-refractivity contribution in [2.24, 2.45) is 7.05 Å². The molecule has 0 bridgehead atoms. The maximum absolute atomic E-state index is 12.4. The maximum atomic E-state index is 12.4. The van der Waals surface area contributed by atoms with Gasteiger partial charge in [0, 0.05) is 19.0 Å². The van der Waals surface area contributed by atoms with E-state index in [1.165, 1.54) is 0 Å². The molecule has 0 fully saturated rings. The van der Waals surface area contributed by atoms with E-state index in [-0.39, 0.29) is 5.78 Å². The highest BCUT2D eigenvalue weighted by molar-refractivity contribution is 5.96. The van der Waals surface area contributed by atoms with Crippen molar-refractivity contribution in [3.63, 3.8) is 0 Å². The summed E-state index contributed by atoms with van der Waals surface area (Å²) in [6, 6.07) is 7.74. The molecule has 106 valence electrons. The molecule has 0 unspecified atom stereocenters. The topological polar surface area (TPSA) is 44.1 Å². The average molecular weight is 272 g/mol. The van der Waals surface area contributed by atoms with Gasteiger partial charge in [0.1, 0.15) is 11.4 Å². The van der Waals surface area contributed by atoms with Crippen LogP contribution in [0.25, 0.3) is 0 Å². The minimum Gasteiger partial charge on any atom is -0.496 e. The van der Waals surface area contributed by atoms with E-state index in [1.807, 2.05) is 38.1 Å². The van der Waals surface area contributed by atoms with E-state index < -0.39 is 0 Å². The van der Waals surface area contributed by atoms with Crippen molar-refractivity contribution >= 4 is 5.78 Å². The molecule has 0 aliphatic heterocycles. The van der Waals surface area contributed by atoms with Crippen LogP contribution in [0.3, 0.4) is 0 Å². The Morgan fingerprint density at radius 3 is 2.70 bits per heavy atom. The summed E-state index contributed by atoms with van der Waals surface area (Å²) in [6.45, 7) is 4.03. The van der Waals surface area contributed by atoms with Crippen LogP contribution < -0.4 is 4.74 Å². The van der Waals surface area contributed by atoms with Crippen LogP contribution in [0.2, 0.25) is 0 Å². The Morgan fingerprint density at radius 1 is 1.35 bits per heavy atom. The fraction of sp³-hybridized carbons (Fsp3) is 0.375. The van der Waals surface area contributed by atoms with Gasteiger partial charge in [-0.3, -0.25) is 9.48 Å². The number of aromatic nitrogens is 2. The second-order valence-electron chi connectivity index (χ2n) is 4.91. The molecule has 0 aliphatic rings. The molecular weight excluding hydrogens is 252 g/mol. The number of Topliss-reactive ketones (excluding diaryl/α,β-unsaturated/α-hetero) is 1. The molecule has 0 spiro atoms. The lowest BCUT2D eigenvalue weighted by atomic mass is 10.0. The number of aryl methyl sites for hydroxylation is 3. The molecule has 0 radical (unpaired) electrons. The highest BCUT2D eigenvalue weighted by atomic mass is 16.5. The first-order valence-corrected chi connectivity index (χ1v) is 6.74. The van der Waals surface area contributed by atoms with Crippen molar-refractivity contribution < 1.29 is 9.53 Å². The molecule has 2 aromatic rings. The number of hydrogen-bond donors (Lipinski definition) is 0. The summed E-state index contributed by atoms with van der Waals surface area (Å²) in [7, 11) is 3.43. The summed E-state index contributed by atoms with van der Waals surface area (Å²) < 4.78 is 6.98. The van der Waals surface area contributed by atoms with Gasteiger partial charge >= 0.3 is 0 Å². The van der Waals surface area contributed by atoms with Gasteiger partial charge < -0.3 is 4.74 Å². The monoisotopic (exact) mass is 272 g/mol. The van der Waals surface area contributed by atoms with Gasteiger partial charge in [-0.2, -0.15) is 5.10 Å². The van der Waals surface area contributed by atoms with Crippen LogP contribution in [0.5, 0.6) is 5.75 Å². The quantitative estimate of drug-likeness (QED) is 0.786. The van der Waals surface area contributed by atoms with E-state index in [0.717, 1.165) is 29.0 Å². The molecule has 1 aromatic heterocycles. The molecule has 0 aliphatic carbocycles. The maximum Gasteiger partial charge on any atom is 0.185 e. The minimum atomic E-state index is 0.0589. The third kappa shape index (κ3) is 2.90. The molecule has 4 heteroatoms. The minimum absolute atomic E-state index is 0.0589. The van der Waals surface area contributed by atoms with Gasteiger partial charge in [-0.1, -0.05) is 24.6 Å². The zero-order valence-electron chi connectivity index (χ0n) is 12.4. The normalized spacial score (nSPS) is 10.6. The molecule has 0 N–H and O–H groups in total. The van der Waals surface area contributed by atoms with E-state index in [0.29, 0.717) is 12.1 Å². The third-order valence-corrected chi connectivity index (χ3v) is 3.37. The SMILES string of the molecule is CCc1cc(C(=O)Cc2cc(C)ccc2OC)n(C)n1. The zero-order chi connectivity index (χ0) is 14.7. The van der Waals surface area contributed by atoms with Crippen molar-refractivity contribution in [2.75, 3.05) is 7.11 Å². The van der Waals surface area contributed by atoms with Gasteiger partial charge in [0.25, 0.3) is 0 Å². The Bertz CT molecular complexity index is 629. The predicted octanol–water partition coefficient (Wildman–Crippen LogP) is 2.72. The molecule has 0 atom stereocenters. The van der Waals surface area contributed by atoms with Crippen molar-refractivity contribution in [3.8, 4) is 5.75 Å². The smallest absolute Gasteiger partial charge is 0.185 e. The van der Waals surface area contributed by atoms with Crippen molar-refractivity contribution in [3.05, 3.63) is 46.8 Å². The largest absolute Gasteiger partial charge is 0.496 e. The Kier molecular flexibility index (Phi) is 4.23. The summed E-state index contributed by atoms with van der Waals surface area (Å²) in [6.07, 6.45) is 1.16.